The minimum atomic E-state index is -0.659. The Kier molecular flexibility index (Phi) is 5.70. The number of carbonyl (C=O) groups is 1. The smallest absolute Gasteiger partial charge is 0.291 e. The molecule has 0 saturated carbocycles. The zero-order chi connectivity index (χ0) is 17.1. The summed E-state index contributed by atoms with van der Waals surface area (Å²) >= 11 is 23.4. The van der Waals surface area contributed by atoms with Crippen LogP contribution in [-0.4, -0.2) is 16.6 Å². The first-order chi connectivity index (χ1) is 10.8. The minimum Gasteiger partial charge on any atom is -0.396 e. The van der Waals surface area contributed by atoms with Gasteiger partial charge in [-0.3, -0.25) is 4.79 Å². The fourth-order valence-electron chi connectivity index (χ4n) is 1.63. The van der Waals surface area contributed by atoms with E-state index in [-0.39, 0.29) is 26.6 Å². The fourth-order valence-corrected chi connectivity index (χ4v) is 2.35. The third kappa shape index (κ3) is 4.06. The van der Waals surface area contributed by atoms with Crippen molar-refractivity contribution < 1.29 is 4.79 Å². The van der Waals surface area contributed by atoms with E-state index in [2.05, 4.69) is 15.5 Å². The highest BCUT2D eigenvalue weighted by molar-refractivity contribution is 6.46. The van der Waals surface area contributed by atoms with E-state index in [4.69, 9.17) is 52.1 Å². The molecule has 0 aliphatic carbocycles. The molecule has 3 N–H and O–H groups in total. The first-order valence-corrected chi connectivity index (χ1v) is 7.73. The highest BCUT2D eigenvalue weighted by atomic mass is 35.5. The Bertz CT molecular complexity index is 790. The van der Waals surface area contributed by atoms with Crippen molar-refractivity contribution in [2.24, 2.45) is 5.10 Å². The number of nitrogens with zero attached hydrogens (tertiary/aromatic N) is 2. The molecule has 1 aromatic heterocycles. The van der Waals surface area contributed by atoms with Gasteiger partial charge < -0.3 is 5.73 Å². The topological polar surface area (TPSA) is 80.4 Å². The van der Waals surface area contributed by atoms with Crippen molar-refractivity contribution >= 4 is 63.7 Å². The lowest BCUT2D eigenvalue weighted by Crippen LogP contribution is -2.21. The van der Waals surface area contributed by atoms with Crippen molar-refractivity contribution in [3.8, 4) is 0 Å². The van der Waals surface area contributed by atoms with Crippen LogP contribution in [0.25, 0.3) is 0 Å². The number of hydrogen-bond donors (Lipinski definition) is 2. The number of anilines is 1. The van der Waals surface area contributed by atoms with E-state index < -0.39 is 5.91 Å². The molecule has 1 amide bonds. The average molecular weight is 392 g/mol. The summed E-state index contributed by atoms with van der Waals surface area (Å²) in [5, 5.41) is 4.38. The highest BCUT2D eigenvalue weighted by Gasteiger charge is 2.19. The number of carbonyl (C=O) groups excluding carboxylic acids is 1. The number of nitrogens with two attached hydrogens (primary N) is 1. The van der Waals surface area contributed by atoms with E-state index in [0.29, 0.717) is 10.7 Å². The van der Waals surface area contributed by atoms with Crippen LogP contribution in [0.4, 0.5) is 5.69 Å². The molecule has 5 nitrogen and oxygen atoms in total. The van der Waals surface area contributed by atoms with E-state index in [9.17, 15) is 4.79 Å². The van der Waals surface area contributed by atoms with Gasteiger partial charge in [-0.25, -0.2) is 10.4 Å². The Morgan fingerprint density at radius 3 is 2.35 bits per heavy atom. The second-order valence-electron chi connectivity index (χ2n) is 4.44. The van der Waals surface area contributed by atoms with Gasteiger partial charge >= 0.3 is 0 Å². The summed E-state index contributed by atoms with van der Waals surface area (Å²) in [6.45, 7) is 1.72. The summed E-state index contributed by atoms with van der Waals surface area (Å²) in [6, 6.07) is 6.98. The van der Waals surface area contributed by atoms with Crippen molar-refractivity contribution in [1.29, 1.82) is 0 Å². The SMILES string of the molecule is C/C(=N\NC(=O)c1nc(Cl)c(Cl)c(N)c1Cl)c1ccc(Cl)cc1. The largest absolute Gasteiger partial charge is 0.396 e. The zero-order valence-corrected chi connectivity index (χ0v) is 14.7. The number of pyridine rings is 1. The highest BCUT2D eigenvalue weighted by Crippen LogP contribution is 2.34. The Labute approximate surface area is 152 Å². The number of nitrogen functional groups attached to an aromatic ring is 1. The number of benzene rings is 1. The summed E-state index contributed by atoms with van der Waals surface area (Å²) in [4.78, 5) is 15.9. The summed E-state index contributed by atoms with van der Waals surface area (Å²) in [5.74, 6) is -0.659. The maximum absolute atomic E-state index is 12.1. The van der Waals surface area contributed by atoms with Crippen molar-refractivity contribution in [2.75, 3.05) is 5.73 Å². The van der Waals surface area contributed by atoms with Gasteiger partial charge in [0.1, 0.15) is 5.02 Å². The van der Waals surface area contributed by atoms with Gasteiger partial charge in [-0.1, -0.05) is 58.5 Å². The van der Waals surface area contributed by atoms with Crippen LogP contribution in [0.15, 0.2) is 29.4 Å². The van der Waals surface area contributed by atoms with Crippen LogP contribution in [-0.2, 0) is 0 Å². The zero-order valence-electron chi connectivity index (χ0n) is 11.7. The van der Waals surface area contributed by atoms with Crippen LogP contribution < -0.4 is 11.2 Å². The molecule has 9 heteroatoms. The van der Waals surface area contributed by atoms with Crippen molar-refractivity contribution in [3.63, 3.8) is 0 Å². The third-order valence-electron chi connectivity index (χ3n) is 2.87. The molecule has 1 aromatic carbocycles. The van der Waals surface area contributed by atoms with Crippen LogP contribution in [0.5, 0.6) is 0 Å². The molecule has 0 aliphatic rings. The molecule has 0 saturated heterocycles. The Hall–Kier alpha value is -1.53. The maximum atomic E-state index is 12.1. The molecule has 1 heterocycles. The van der Waals surface area contributed by atoms with E-state index in [1.165, 1.54) is 0 Å². The molecule has 0 aliphatic heterocycles. The summed E-state index contributed by atoms with van der Waals surface area (Å²) in [6.07, 6.45) is 0. The molecular weight excluding hydrogens is 382 g/mol. The van der Waals surface area contributed by atoms with Gasteiger partial charge in [0.25, 0.3) is 5.91 Å². The molecule has 2 rings (SSSR count). The molecule has 23 heavy (non-hydrogen) atoms. The number of hydrogen-bond acceptors (Lipinski definition) is 4. The number of rotatable bonds is 3. The Morgan fingerprint density at radius 1 is 1.13 bits per heavy atom. The lowest BCUT2D eigenvalue weighted by molar-refractivity contribution is 0.0950. The summed E-state index contributed by atoms with van der Waals surface area (Å²) < 4.78 is 0. The van der Waals surface area contributed by atoms with E-state index in [1.807, 2.05) is 0 Å². The quantitative estimate of drug-likeness (QED) is 0.461. The number of aromatic nitrogens is 1. The van der Waals surface area contributed by atoms with Gasteiger partial charge in [-0.15, -0.1) is 0 Å². The molecule has 120 valence electrons. The molecular formula is C14H10Cl4N4O. The third-order valence-corrected chi connectivity index (χ3v) is 4.26. The number of nitrogens with one attached hydrogen (secondary N) is 1. The standard InChI is InChI=1S/C14H10Cl4N4O/c1-6(7-2-4-8(15)5-3-7)21-22-14(23)12-9(16)11(19)10(17)13(18)20-12/h2-5H,1H3,(H2,19,20)(H,22,23)/b21-6+. The first kappa shape index (κ1) is 17.8. The number of hydrazone groups is 1. The van der Waals surface area contributed by atoms with E-state index in [0.717, 1.165) is 5.56 Å². The summed E-state index contributed by atoms with van der Waals surface area (Å²) in [5.41, 5.74) is 9.19. The predicted molar refractivity (Wildman–Crippen MR) is 94.8 cm³/mol. The van der Waals surface area contributed by atoms with Crippen LogP contribution in [0.2, 0.25) is 20.2 Å². The normalized spacial score (nSPS) is 11.4. The minimum absolute atomic E-state index is 0.00550. The molecule has 0 atom stereocenters. The van der Waals surface area contributed by atoms with Crippen LogP contribution in [0.1, 0.15) is 23.0 Å². The first-order valence-electron chi connectivity index (χ1n) is 6.21. The van der Waals surface area contributed by atoms with Crippen molar-refractivity contribution in [2.45, 2.75) is 6.92 Å². The van der Waals surface area contributed by atoms with Gasteiger partial charge in [-0.2, -0.15) is 5.10 Å². The Morgan fingerprint density at radius 2 is 1.74 bits per heavy atom. The van der Waals surface area contributed by atoms with Crippen LogP contribution in [0, 0.1) is 0 Å². The Balaban J connectivity index is 2.23. The van der Waals surface area contributed by atoms with E-state index in [1.54, 1.807) is 31.2 Å². The van der Waals surface area contributed by atoms with Gasteiger partial charge in [-0.05, 0) is 24.6 Å². The van der Waals surface area contributed by atoms with Crippen molar-refractivity contribution in [1.82, 2.24) is 10.4 Å². The van der Waals surface area contributed by atoms with Crippen molar-refractivity contribution in [3.05, 3.63) is 55.7 Å². The van der Waals surface area contributed by atoms with Crippen LogP contribution in [0.3, 0.4) is 0 Å². The van der Waals surface area contributed by atoms with Gasteiger partial charge in [0.2, 0.25) is 0 Å². The molecule has 2 aromatic rings. The molecule has 0 bridgehead atoms. The molecule has 0 spiro atoms. The second-order valence-corrected chi connectivity index (χ2v) is 5.99. The monoisotopic (exact) mass is 390 g/mol. The maximum Gasteiger partial charge on any atom is 0.291 e. The van der Waals surface area contributed by atoms with Crippen LogP contribution >= 0.6 is 46.4 Å². The summed E-state index contributed by atoms with van der Waals surface area (Å²) in [7, 11) is 0. The van der Waals surface area contributed by atoms with Gasteiger partial charge in [0, 0.05) is 5.02 Å². The predicted octanol–water partition coefficient (Wildman–Crippen LogP) is 4.43. The average Bonchev–Trinajstić information content (AvgIpc) is 2.54. The fraction of sp³-hybridized carbons (Fsp3) is 0.0714. The molecule has 0 fully saturated rings. The van der Waals surface area contributed by atoms with E-state index >= 15 is 0 Å². The number of halogens is 4. The van der Waals surface area contributed by atoms with Gasteiger partial charge in [0.15, 0.2) is 10.8 Å². The lowest BCUT2D eigenvalue weighted by atomic mass is 10.1. The molecule has 0 radical (unpaired) electrons. The molecule has 0 unspecified atom stereocenters. The number of amides is 1. The van der Waals surface area contributed by atoms with Gasteiger partial charge in [0.05, 0.1) is 16.4 Å². The lowest BCUT2D eigenvalue weighted by Gasteiger charge is -2.08. The second kappa shape index (κ2) is 7.36.